The molecule has 0 saturated carbocycles. The summed E-state index contributed by atoms with van der Waals surface area (Å²) in [6.07, 6.45) is -2.69. The minimum Gasteiger partial charge on any atom is -0.462 e. The Labute approximate surface area is 102 Å². The Balaban J connectivity index is 3.42. The van der Waals surface area contributed by atoms with Gasteiger partial charge in [0.05, 0.1) is 17.7 Å². The van der Waals surface area contributed by atoms with Crippen LogP contribution in [-0.2, 0) is 4.74 Å². The molecule has 4 nitrogen and oxygen atoms in total. The molecule has 1 rings (SSSR count). The quantitative estimate of drug-likeness (QED) is 0.610. The molecule has 0 unspecified atom stereocenters. The smallest absolute Gasteiger partial charge is 0.339 e. The molecule has 0 amide bonds. The number of ether oxygens (including phenoxy) is 1. The van der Waals surface area contributed by atoms with Crippen LogP contribution >= 0.6 is 0 Å². The van der Waals surface area contributed by atoms with Crippen LogP contribution in [0.2, 0.25) is 0 Å². The lowest BCUT2D eigenvalue weighted by Gasteiger charge is -2.09. The number of hydrogen-bond donors (Lipinski definition) is 0. The SMILES string of the molecule is CCOC(=O)c1cc(C(F)F)c(C=O)cc1C#N. The maximum atomic E-state index is 12.7. The third-order valence-corrected chi connectivity index (χ3v) is 2.20. The van der Waals surface area contributed by atoms with Crippen molar-refractivity contribution < 1.29 is 23.1 Å². The fraction of sp³-hybridized carbons (Fsp3) is 0.250. The topological polar surface area (TPSA) is 67.2 Å². The molecule has 0 aromatic heterocycles. The number of benzene rings is 1. The van der Waals surface area contributed by atoms with E-state index in [-0.39, 0.29) is 29.6 Å². The van der Waals surface area contributed by atoms with Gasteiger partial charge in [-0.25, -0.2) is 13.6 Å². The van der Waals surface area contributed by atoms with E-state index in [1.54, 1.807) is 13.0 Å². The van der Waals surface area contributed by atoms with E-state index in [4.69, 9.17) is 5.26 Å². The van der Waals surface area contributed by atoms with Crippen molar-refractivity contribution in [3.63, 3.8) is 0 Å². The molecule has 0 bridgehead atoms. The highest BCUT2D eigenvalue weighted by atomic mass is 19.3. The van der Waals surface area contributed by atoms with Gasteiger partial charge in [0, 0.05) is 11.1 Å². The van der Waals surface area contributed by atoms with Gasteiger partial charge in [-0.1, -0.05) is 0 Å². The molecule has 94 valence electrons. The first-order chi connectivity index (χ1) is 8.54. The molecule has 6 heteroatoms. The molecule has 18 heavy (non-hydrogen) atoms. The van der Waals surface area contributed by atoms with Gasteiger partial charge in [0.25, 0.3) is 6.43 Å². The van der Waals surface area contributed by atoms with E-state index in [1.807, 2.05) is 0 Å². The van der Waals surface area contributed by atoms with Crippen molar-refractivity contribution in [2.75, 3.05) is 6.61 Å². The normalized spacial score (nSPS) is 9.94. The van der Waals surface area contributed by atoms with Crippen molar-refractivity contribution in [1.82, 2.24) is 0 Å². The Kier molecular flexibility index (Phi) is 4.49. The fourth-order valence-electron chi connectivity index (χ4n) is 1.39. The second-order valence-corrected chi connectivity index (χ2v) is 3.28. The molecule has 0 aliphatic rings. The average Bonchev–Trinajstić information content (AvgIpc) is 2.37. The average molecular weight is 253 g/mol. The van der Waals surface area contributed by atoms with E-state index in [2.05, 4.69) is 4.74 Å². The lowest BCUT2D eigenvalue weighted by molar-refractivity contribution is 0.0525. The zero-order valence-electron chi connectivity index (χ0n) is 9.44. The molecule has 1 aromatic carbocycles. The van der Waals surface area contributed by atoms with Crippen LogP contribution in [0.1, 0.15) is 45.2 Å². The van der Waals surface area contributed by atoms with E-state index in [0.29, 0.717) is 0 Å². The van der Waals surface area contributed by atoms with Gasteiger partial charge in [0.1, 0.15) is 6.07 Å². The minimum atomic E-state index is -2.91. The van der Waals surface area contributed by atoms with Crippen molar-refractivity contribution in [1.29, 1.82) is 5.26 Å². The summed E-state index contributed by atoms with van der Waals surface area (Å²) in [5, 5.41) is 8.82. The van der Waals surface area contributed by atoms with Crippen molar-refractivity contribution in [3.8, 4) is 6.07 Å². The Hall–Kier alpha value is -2.29. The second-order valence-electron chi connectivity index (χ2n) is 3.28. The molecule has 0 N–H and O–H groups in total. The monoisotopic (exact) mass is 253 g/mol. The number of nitriles is 1. The first kappa shape index (κ1) is 13.8. The van der Waals surface area contributed by atoms with Gasteiger partial charge in [-0.3, -0.25) is 4.79 Å². The van der Waals surface area contributed by atoms with Gasteiger partial charge in [0.2, 0.25) is 0 Å². The Morgan fingerprint density at radius 3 is 2.67 bits per heavy atom. The van der Waals surface area contributed by atoms with Crippen LogP contribution in [0.4, 0.5) is 8.78 Å². The first-order valence-corrected chi connectivity index (χ1v) is 5.03. The van der Waals surface area contributed by atoms with Crippen molar-refractivity contribution >= 4 is 12.3 Å². The highest BCUT2D eigenvalue weighted by Crippen LogP contribution is 2.25. The highest BCUT2D eigenvalue weighted by molar-refractivity contribution is 5.94. The third kappa shape index (κ3) is 2.69. The van der Waals surface area contributed by atoms with Crippen LogP contribution in [0.5, 0.6) is 0 Å². The molecule has 0 aliphatic heterocycles. The summed E-state index contributed by atoms with van der Waals surface area (Å²) in [5.74, 6) is -0.867. The highest BCUT2D eigenvalue weighted by Gasteiger charge is 2.20. The number of carbonyl (C=O) groups is 2. The first-order valence-electron chi connectivity index (χ1n) is 5.03. The molecule has 0 aliphatic carbocycles. The summed E-state index contributed by atoms with van der Waals surface area (Å²) in [6, 6.07) is 3.45. The van der Waals surface area contributed by atoms with E-state index in [1.165, 1.54) is 0 Å². The number of carbonyl (C=O) groups excluding carboxylic acids is 2. The number of alkyl halides is 2. The molecule has 0 atom stereocenters. The van der Waals surface area contributed by atoms with E-state index in [0.717, 1.165) is 12.1 Å². The van der Waals surface area contributed by atoms with Crippen LogP contribution < -0.4 is 0 Å². The zero-order valence-corrected chi connectivity index (χ0v) is 9.44. The van der Waals surface area contributed by atoms with Gasteiger partial charge >= 0.3 is 5.97 Å². The predicted octanol–water partition coefficient (Wildman–Crippen LogP) is 2.49. The standard InChI is InChI=1S/C12H9F2NO3/c1-2-18-12(17)10-4-9(11(13)14)8(6-16)3-7(10)5-15/h3-4,6,11H,2H2,1H3. The third-order valence-electron chi connectivity index (χ3n) is 2.20. The minimum absolute atomic E-state index is 0.0587. The summed E-state index contributed by atoms with van der Waals surface area (Å²) in [6.45, 7) is 1.61. The number of esters is 1. The Morgan fingerprint density at radius 1 is 1.56 bits per heavy atom. The van der Waals surface area contributed by atoms with Crippen molar-refractivity contribution in [2.45, 2.75) is 13.3 Å². The lowest BCUT2D eigenvalue weighted by Crippen LogP contribution is -2.09. The Bertz CT molecular complexity index is 521. The van der Waals surface area contributed by atoms with E-state index < -0.39 is 18.0 Å². The molecule has 0 radical (unpaired) electrons. The van der Waals surface area contributed by atoms with E-state index in [9.17, 15) is 18.4 Å². The van der Waals surface area contributed by atoms with Gasteiger partial charge in [-0.2, -0.15) is 5.26 Å². The summed E-state index contributed by atoms with van der Waals surface area (Å²) in [7, 11) is 0. The van der Waals surface area contributed by atoms with Crippen molar-refractivity contribution in [3.05, 3.63) is 34.4 Å². The van der Waals surface area contributed by atoms with Gasteiger partial charge in [0.15, 0.2) is 6.29 Å². The molecule has 0 fully saturated rings. The molecule has 0 saturated heterocycles. The number of nitrogens with zero attached hydrogens (tertiary/aromatic N) is 1. The fourth-order valence-corrected chi connectivity index (χ4v) is 1.39. The predicted molar refractivity (Wildman–Crippen MR) is 57.5 cm³/mol. The number of halogens is 2. The molecule has 1 aromatic rings. The Morgan fingerprint density at radius 2 is 2.22 bits per heavy atom. The zero-order chi connectivity index (χ0) is 13.7. The van der Waals surface area contributed by atoms with Gasteiger partial charge in [-0.05, 0) is 19.1 Å². The van der Waals surface area contributed by atoms with Gasteiger partial charge < -0.3 is 4.74 Å². The molecule has 0 spiro atoms. The molecular weight excluding hydrogens is 244 g/mol. The van der Waals surface area contributed by atoms with E-state index >= 15 is 0 Å². The summed E-state index contributed by atoms with van der Waals surface area (Å²) in [4.78, 5) is 22.1. The molecule has 0 heterocycles. The number of aldehydes is 1. The summed E-state index contributed by atoms with van der Waals surface area (Å²) in [5.41, 5.74) is -1.33. The van der Waals surface area contributed by atoms with Crippen LogP contribution in [0.25, 0.3) is 0 Å². The summed E-state index contributed by atoms with van der Waals surface area (Å²) < 4.78 is 30.0. The van der Waals surface area contributed by atoms with Crippen LogP contribution in [0.15, 0.2) is 12.1 Å². The lowest BCUT2D eigenvalue weighted by atomic mass is 9.99. The van der Waals surface area contributed by atoms with Crippen LogP contribution in [0.3, 0.4) is 0 Å². The largest absolute Gasteiger partial charge is 0.462 e. The van der Waals surface area contributed by atoms with Crippen LogP contribution in [0, 0.1) is 11.3 Å². The van der Waals surface area contributed by atoms with Crippen LogP contribution in [-0.4, -0.2) is 18.9 Å². The molecular formula is C12H9F2NO3. The number of hydrogen-bond acceptors (Lipinski definition) is 4. The van der Waals surface area contributed by atoms with Crippen molar-refractivity contribution in [2.24, 2.45) is 0 Å². The number of rotatable bonds is 4. The maximum absolute atomic E-state index is 12.7. The summed E-state index contributed by atoms with van der Waals surface area (Å²) >= 11 is 0. The maximum Gasteiger partial charge on any atom is 0.339 e. The second kappa shape index (κ2) is 5.87. The van der Waals surface area contributed by atoms with Gasteiger partial charge in [-0.15, -0.1) is 0 Å².